The minimum Gasteiger partial charge on any atom is -0.507 e. The van der Waals surface area contributed by atoms with Crippen molar-refractivity contribution in [3.8, 4) is 11.5 Å². The Morgan fingerprint density at radius 2 is 1.75 bits per heavy atom. The lowest BCUT2D eigenvalue weighted by atomic mass is 9.93. The van der Waals surface area contributed by atoms with E-state index in [1.165, 1.54) is 4.90 Å². The number of benzene rings is 2. The Balaban J connectivity index is 1.81. The van der Waals surface area contributed by atoms with Crippen LogP contribution < -0.4 is 9.47 Å². The van der Waals surface area contributed by atoms with Crippen molar-refractivity contribution in [3.63, 3.8) is 0 Å². The van der Waals surface area contributed by atoms with Crippen LogP contribution in [-0.2, 0) is 9.59 Å². The van der Waals surface area contributed by atoms with E-state index in [4.69, 9.17) is 9.47 Å². The molecule has 1 fully saturated rings. The molecule has 0 aromatic heterocycles. The van der Waals surface area contributed by atoms with Crippen LogP contribution in [0.1, 0.15) is 42.5 Å². The van der Waals surface area contributed by atoms with Crippen LogP contribution in [0.3, 0.4) is 0 Å². The van der Waals surface area contributed by atoms with E-state index >= 15 is 0 Å². The van der Waals surface area contributed by atoms with Gasteiger partial charge in [-0.15, -0.1) is 0 Å². The monoisotopic (exact) mass is 379 g/mol. The summed E-state index contributed by atoms with van der Waals surface area (Å²) >= 11 is 0. The second-order valence-corrected chi connectivity index (χ2v) is 7.30. The number of likely N-dealkylation sites (tertiary alicyclic amines) is 1. The fourth-order valence-electron chi connectivity index (χ4n) is 3.60. The van der Waals surface area contributed by atoms with Crippen molar-refractivity contribution >= 4 is 17.4 Å². The van der Waals surface area contributed by atoms with Gasteiger partial charge in [0, 0.05) is 12.6 Å². The molecule has 6 nitrogen and oxygen atoms in total. The van der Waals surface area contributed by atoms with Crippen LogP contribution in [0, 0.1) is 0 Å². The van der Waals surface area contributed by atoms with Crippen molar-refractivity contribution in [2.45, 2.75) is 25.8 Å². The average Bonchev–Trinajstić information content (AvgIpc) is 3.25. The summed E-state index contributed by atoms with van der Waals surface area (Å²) in [4.78, 5) is 26.4. The SMILES string of the molecule is CC(C)c1ccc(C2/C(=C(\O)c3ccc4c(c3)OCO4)C(=O)C(=O)N2C)cc1. The van der Waals surface area contributed by atoms with E-state index in [-0.39, 0.29) is 18.1 Å². The van der Waals surface area contributed by atoms with Crippen molar-refractivity contribution in [1.82, 2.24) is 4.90 Å². The first-order valence-electron chi connectivity index (χ1n) is 9.13. The van der Waals surface area contributed by atoms with Crippen LogP contribution in [-0.4, -0.2) is 35.5 Å². The van der Waals surface area contributed by atoms with E-state index in [9.17, 15) is 14.7 Å². The number of carbonyl (C=O) groups excluding carboxylic acids is 2. The molecule has 0 aliphatic carbocycles. The number of nitrogens with zero attached hydrogens (tertiary/aromatic N) is 1. The van der Waals surface area contributed by atoms with E-state index < -0.39 is 17.7 Å². The number of rotatable bonds is 3. The molecule has 0 saturated carbocycles. The topological polar surface area (TPSA) is 76.1 Å². The molecule has 0 bridgehead atoms. The third kappa shape index (κ3) is 2.81. The van der Waals surface area contributed by atoms with Gasteiger partial charge >= 0.3 is 0 Å². The summed E-state index contributed by atoms with van der Waals surface area (Å²) in [5, 5.41) is 10.9. The molecule has 1 unspecified atom stereocenters. The van der Waals surface area contributed by atoms with Gasteiger partial charge in [-0.1, -0.05) is 38.1 Å². The Bertz CT molecular complexity index is 990. The van der Waals surface area contributed by atoms with E-state index in [2.05, 4.69) is 13.8 Å². The largest absolute Gasteiger partial charge is 0.507 e. The highest BCUT2D eigenvalue weighted by Crippen LogP contribution is 2.40. The van der Waals surface area contributed by atoms with Crippen LogP contribution in [0.15, 0.2) is 48.0 Å². The summed E-state index contributed by atoms with van der Waals surface area (Å²) in [6, 6.07) is 12.0. The van der Waals surface area contributed by atoms with Crippen molar-refractivity contribution in [3.05, 3.63) is 64.7 Å². The lowest BCUT2D eigenvalue weighted by Gasteiger charge is -2.21. The van der Waals surface area contributed by atoms with Crippen LogP contribution in [0.4, 0.5) is 0 Å². The smallest absolute Gasteiger partial charge is 0.295 e. The number of amides is 1. The van der Waals surface area contributed by atoms with Gasteiger partial charge in [-0.2, -0.15) is 0 Å². The molecule has 4 rings (SSSR count). The first-order valence-corrected chi connectivity index (χ1v) is 9.13. The molecule has 6 heteroatoms. The van der Waals surface area contributed by atoms with Crippen molar-refractivity contribution in [2.24, 2.45) is 0 Å². The normalized spacial score (nSPS) is 20.3. The molecule has 1 N–H and O–H groups in total. The summed E-state index contributed by atoms with van der Waals surface area (Å²) in [6.07, 6.45) is 0. The summed E-state index contributed by atoms with van der Waals surface area (Å²) in [7, 11) is 1.57. The number of aliphatic hydroxyl groups excluding tert-OH is 1. The zero-order chi connectivity index (χ0) is 20.0. The number of hydrogen-bond donors (Lipinski definition) is 1. The molecule has 2 aromatic carbocycles. The third-order valence-electron chi connectivity index (χ3n) is 5.24. The zero-order valence-corrected chi connectivity index (χ0v) is 15.9. The maximum atomic E-state index is 12.7. The maximum Gasteiger partial charge on any atom is 0.295 e. The molecule has 0 radical (unpaired) electrons. The fraction of sp³-hybridized carbons (Fsp3) is 0.273. The van der Waals surface area contributed by atoms with E-state index in [1.54, 1.807) is 25.2 Å². The van der Waals surface area contributed by atoms with E-state index in [0.717, 1.165) is 11.1 Å². The van der Waals surface area contributed by atoms with Gasteiger partial charge in [0.15, 0.2) is 11.5 Å². The lowest BCUT2D eigenvalue weighted by Crippen LogP contribution is -2.24. The average molecular weight is 379 g/mol. The Labute approximate surface area is 163 Å². The highest BCUT2D eigenvalue weighted by molar-refractivity contribution is 6.46. The van der Waals surface area contributed by atoms with Gasteiger partial charge in [0.05, 0.1) is 11.6 Å². The molecule has 2 heterocycles. The molecule has 144 valence electrons. The standard InChI is InChI=1S/C22H21NO5/c1-12(2)13-4-6-14(7-5-13)19-18(21(25)22(26)23(19)3)20(24)15-8-9-16-17(10-15)28-11-27-16/h4-10,12,19,24H,11H2,1-3H3/b20-18+. The van der Waals surface area contributed by atoms with Crippen molar-refractivity contribution < 1.29 is 24.2 Å². The highest BCUT2D eigenvalue weighted by Gasteiger charge is 2.44. The van der Waals surface area contributed by atoms with Crippen molar-refractivity contribution in [1.29, 1.82) is 0 Å². The second kappa shape index (κ2) is 6.71. The fourth-order valence-corrected chi connectivity index (χ4v) is 3.60. The minimum absolute atomic E-state index is 0.0728. The van der Waals surface area contributed by atoms with Crippen LogP contribution in [0.25, 0.3) is 5.76 Å². The number of fused-ring (bicyclic) bond motifs is 1. The summed E-state index contributed by atoms with van der Waals surface area (Å²) < 4.78 is 10.6. The predicted octanol–water partition coefficient (Wildman–Crippen LogP) is 3.59. The quantitative estimate of drug-likeness (QED) is 0.501. The zero-order valence-electron chi connectivity index (χ0n) is 15.9. The Kier molecular flexibility index (Phi) is 4.34. The molecular weight excluding hydrogens is 358 g/mol. The number of Topliss-reactive ketones (excluding diaryl/α,β-unsaturated/α-hetero) is 1. The molecule has 1 atom stereocenters. The van der Waals surface area contributed by atoms with Gasteiger partial charge in [0.1, 0.15) is 5.76 Å². The van der Waals surface area contributed by atoms with Gasteiger partial charge in [0.25, 0.3) is 11.7 Å². The first kappa shape index (κ1) is 18.1. The molecule has 2 aliphatic rings. The number of carbonyl (C=O) groups is 2. The predicted molar refractivity (Wildman–Crippen MR) is 103 cm³/mol. The second-order valence-electron chi connectivity index (χ2n) is 7.30. The number of ether oxygens (including phenoxy) is 2. The molecule has 1 saturated heterocycles. The molecule has 2 aliphatic heterocycles. The number of hydrogen-bond acceptors (Lipinski definition) is 5. The van der Waals surface area contributed by atoms with E-state index in [0.29, 0.717) is 23.0 Å². The van der Waals surface area contributed by atoms with Gasteiger partial charge in [-0.05, 0) is 35.2 Å². The summed E-state index contributed by atoms with van der Waals surface area (Å²) in [5.74, 6) is -0.119. The van der Waals surface area contributed by atoms with Crippen LogP contribution >= 0.6 is 0 Å². The number of ketones is 1. The summed E-state index contributed by atoms with van der Waals surface area (Å²) in [6.45, 7) is 4.31. The highest BCUT2D eigenvalue weighted by atomic mass is 16.7. The van der Waals surface area contributed by atoms with Gasteiger partial charge in [-0.25, -0.2) is 0 Å². The van der Waals surface area contributed by atoms with Gasteiger partial charge in [-0.3, -0.25) is 9.59 Å². The third-order valence-corrected chi connectivity index (χ3v) is 5.24. The van der Waals surface area contributed by atoms with Crippen LogP contribution in [0.2, 0.25) is 0 Å². The number of likely N-dealkylation sites (N-methyl/N-ethyl adjacent to an activating group) is 1. The molecule has 2 aromatic rings. The minimum atomic E-state index is -0.699. The Morgan fingerprint density at radius 1 is 1.07 bits per heavy atom. The van der Waals surface area contributed by atoms with Gasteiger partial charge < -0.3 is 19.5 Å². The maximum absolute atomic E-state index is 12.7. The lowest BCUT2D eigenvalue weighted by molar-refractivity contribution is -0.139. The molecule has 28 heavy (non-hydrogen) atoms. The Hall–Kier alpha value is -3.28. The molecular formula is C22H21NO5. The first-order chi connectivity index (χ1) is 13.4. The number of aliphatic hydroxyl groups is 1. The molecule has 0 spiro atoms. The van der Waals surface area contributed by atoms with Crippen LogP contribution in [0.5, 0.6) is 11.5 Å². The van der Waals surface area contributed by atoms with Gasteiger partial charge in [0.2, 0.25) is 6.79 Å². The van der Waals surface area contributed by atoms with Crippen molar-refractivity contribution in [2.75, 3.05) is 13.8 Å². The molecule has 1 amide bonds. The Morgan fingerprint density at radius 3 is 2.43 bits per heavy atom. The van der Waals surface area contributed by atoms with E-state index in [1.807, 2.05) is 24.3 Å². The summed E-state index contributed by atoms with van der Waals surface area (Å²) in [5.41, 5.74) is 2.41.